The molecule has 34 heavy (non-hydrogen) atoms. The third-order valence-corrected chi connectivity index (χ3v) is 6.60. The molecule has 5 rings (SSSR count). The van der Waals surface area contributed by atoms with Gasteiger partial charge in [0, 0.05) is 28.4 Å². The number of carbonyl (C=O) groups excluding carboxylic acids is 1. The number of fused-ring (bicyclic) bond motifs is 1. The van der Waals surface area contributed by atoms with Crippen molar-refractivity contribution in [3.8, 4) is 26.9 Å². The van der Waals surface area contributed by atoms with Crippen LogP contribution in [0.1, 0.15) is 24.3 Å². The number of esters is 1. The molecule has 0 bridgehead atoms. The number of nitrogens with zero attached hydrogens (tertiary/aromatic N) is 2. The predicted octanol–water partition coefficient (Wildman–Crippen LogP) is 5.87. The Balaban J connectivity index is 1.22. The lowest BCUT2D eigenvalue weighted by molar-refractivity contribution is -0.140. The molecule has 8 heteroatoms. The van der Waals surface area contributed by atoms with Crippen molar-refractivity contribution in [2.24, 2.45) is 0 Å². The largest absolute Gasteiger partial charge is 0.494 e. The molecule has 3 aromatic heterocycles. The van der Waals surface area contributed by atoms with Crippen LogP contribution >= 0.6 is 11.3 Å². The summed E-state index contributed by atoms with van der Waals surface area (Å²) >= 11 is 1.61. The predicted molar refractivity (Wildman–Crippen MR) is 131 cm³/mol. The molecule has 2 aromatic carbocycles. The highest BCUT2D eigenvalue weighted by Crippen LogP contribution is 2.34. The van der Waals surface area contributed by atoms with Gasteiger partial charge in [-0.05, 0) is 60.0 Å². The fourth-order valence-corrected chi connectivity index (χ4v) is 4.64. The lowest BCUT2D eigenvalue weighted by Crippen LogP contribution is -2.04. The molecule has 7 nitrogen and oxygen atoms in total. The van der Waals surface area contributed by atoms with Crippen LogP contribution in [0.2, 0.25) is 0 Å². The maximum absolute atomic E-state index is 11.2. The van der Waals surface area contributed by atoms with Gasteiger partial charge in [0.05, 0.1) is 25.0 Å². The lowest BCUT2D eigenvalue weighted by atomic mass is 10.1. The first-order chi connectivity index (χ1) is 16.7. The molecule has 0 amide bonds. The monoisotopic (exact) mass is 473 g/mol. The van der Waals surface area contributed by atoms with Gasteiger partial charge >= 0.3 is 5.97 Å². The van der Waals surface area contributed by atoms with Crippen LogP contribution in [0.25, 0.3) is 32.0 Å². The number of nitrogens with one attached hydrogen (secondary N) is 1. The van der Waals surface area contributed by atoms with Gasteiger partial charge in [0.25, 0.3) is 0 Å². The minimum absolute atomic E-state index is 0.223. The molecular weight excluding hydrogens is 450 g/mol. The van der Waals surface area contributed by atoms with Gasteiger partial charge in [-0.2, -0.15) is 4.98 Å². The van der Waals surface area contributed by atoms with Gasteiger partial charge in [-0.15, -0.1) is 11.3 Å². The Kier molecular flexibility index (Phi) is 6.40. The Labute approximate surface area is 200 Å². The number of carbonyl (C=O) groups is 1. The van der Waals surface area contributed by atoms with Crippen LogP contribution in [-0.4, -0.2) is 34.8 Å². The Bertz CT molecular complexity index is 1400. The zero-order chi connectivity index (χ0) is 23.3. The SMILES string of the molecule is COC(=O)CCCOc1ccc(-c2ccc(-c3noc(Cc4c[nH]c5ccccc45)n3)s2)cc1. The summed E-state index contributed by atoms with van der Waals surface area (Å²) in [5.41, 5.74) is 3.31. The normalized spacial score (nSPS) is 11.1. The van der Waals surface area contributed by atoms with Crippen molar-refractivity contribution in [2.75, 3.05) is 13.7 Å². The van der Waals surface area contributed by atoms with E-state index < -0.39 is 0 Å². The summed E-state index contributed by atoms with van der Waals surface area (Å²) in [6, 6.07) is 20.1. The van der Waals surface area contributed by atoms with E-state index in [9.17, 15) is 4.79 Å². The fraction of sp³-hybridized carbons (Fsp3) is 0.192. The Hall–Kier alpha value is -3.91. The van der Waals surface area contributed by atoms with Crippen LogP contribution in [0.3, 0.4) is 0 Å². The van der Waals surface area contributed by atoms with Crippen LogP contribution < -0.4 is 4.74 Å². The first kappa shape index (κ1) is 21.9. The summed E-state index contributed by atoms with van der Waals surface area (Å²) < 4.78 is 15.9. The zero-order valence-electron chi connectivity index (χ0n) is 18.6. The summed E-state index contributed by atoms with van der Waals surface area (Å²) in [7, 11) is 1.39. The topological polar surface area (TPSA) is 90.2 Å². The van der Waals surface area contributed by atoms with Crippen molar-refractivity contribution in [2.45, 2.75) is 19.3 Å². The molecule has 0 saturated heterocycles. The molecular formula is C26H23N3O4S. The van der Waals surface area contributed by atoms with Gasteiger partial charge < -0.3 is 19.0 Å². The molecule has 0 fully saturated rings. The average Bonchev–Trinajstić information content (AvgIpc) is 3.63. The number of aromatic amines is 1. The average molecular weight is 474 g/mol. The minimum atomic E-state index is -0.223. The standard InChI is InChI=1S/C26H23N3O4S/c1-31-25(30)7-4-14-32-19-10-8-17(9-11-19)22-12-13-23(34-22)26-28-24(33-29-26)15-18-16-27-21-6-3-2-5-20(18)21/h2-3,5-6,8-13,16,27H,4,7,14-15H2,1H3. The summed E-state index contributed by atoms with van der Waals surface area (Å²) in [6.07, 6.45) is 3.54. The van der Waals surface area contributed by atoms with Crippen molar-refractivity contribution in [1.29, 1.82) is 0 Å². The van der Waals surface area contributed by atoms with E-state index in [0.29, 0.717) is 37.6 Å². The minimum Gasteiger partial charge on any atom is -0.494 e. The van der Waals surface area contributed by atoms with Gasteiger partial charge in [0.15, 0.2) is 0 Å². The number of hydrogen-bond acceptors (Lipinski definition) is 7. The zero-order valence-corrected chi connectivity index (χ0v) is 19.4. The number of benzene rings is 2. The van der Waals surface area contributed by atoms with Crippen molar-refractivity contribution >= 4 is 28.2 Å². The molecule has 5 aromatic rings. The molecule has 1 N–H and O–H groups in total. The molecule has 0 saturated carbocycles. The number of ether oxygens (including phenoxy) is 2. The molecule has 0 spiro atoms. The number of thiophene rings is 1. The number of methoxy groups -OCH3 is 1. The fourth-order valence-electron chi connectivity index (χ4n) is 3.70. The molecule has 0 radical (unpaired) electrons. The maximum atomic E-state index is 11.2. The number of aromatic nitrogens is 3. The van der Waals surface area contributed by atoms with Crippen molar-refractivity contribution in [3.63, 3.8) is 0 Å². The molecule has 0 aliphatic carbocycles. The van der Waals surface area contributed by atoms with Gasteiger partial charge in [-0.1, -0.05) is 23.4 Å². The molecule has 0 aliphatic rings. The molecule has 172 valence electrons. The highest BCUT2D eigenvalue weighted by molar-refractivity contribution is 7.18. The Morgan fingerprint density at radius 3 is 2.74 bits per heavy atom. The first-order valence-electron chi connectivity index (χ1n) is 11.0. The highest BCUT2D eigenvalue weighted by Gasteiger charge is 2.14. The van der Waals surface area contributed by atoms with E-state index in [-0.39, 0.29) is 5.97 Å². The van der Waals surface area contributed by atoms with Gasteiger partial charge in [-0.3, -0.25) is 4.79 Å². The van der Waals surface area contributed by atoms with Crippen LogP contribution in [0.15, 0.2) is 71.4 Å². The first-order valence-corrected chi connectivity index (χ1v) is 11.8. The van der Waals surface area contributed by atoms with Gasteiger partial charge in [0.2, 0.25) is 11.7 Å². The van der Waals surface area contributed by atoms with Crippen molar-refractivity contribution < 1.29 is 18.8 Å². The van der Waals surface area contributed by atoms with Gasteiger partial charge in [-0.25, -0.2) is 0 Å². The van der Waals surface area contributed by atoms with Crippen LogP contribution in [0, 0.1) is 0 Å². The summed E-state index contributed by atoms with van der Waals surface area (Å²) in [5, 5.41) is 5.35. The van der Waals surface area contributed by atoms with Crippen molar-refractivity contribution in [3.05, 3.63) is 78.3 Å². The number of hydrogen-bond donors (Lipinski definition) is 1. The van der Waals surface area contributed by atoms with E-state index >= 15 is 0 Å². The second kappa shape index (κ2) is 9.93. The summed E-state index contributed by atoms with van der Waals surface area (Å²) in [4.78, 5) is 21.1. The van der Waals surface area contributed by atoms with E-state index in [1.165, 1.54) is 7.11 Å². The number of para-hydroxylation sites is 1. The van der Waals surface area contributed by atoms with E-state index in [0.717, 1.165) is 37.5 Å². The second-order valence-corrected chi connectivity index (χ2v) is 8.85. The Morgan fingerprint density at radius 2 is 1.88 bits per heavy atom. The third kappa shape index (κ3) is 4.87. The van der Waals surface area contributed by atoms with E-state index in [1.54, 1.807) is 11.3 Å². The quantitative estimate of drug-likeness (QED) is 0.213. The number of H-pyrrole nitrogens is 1. The lowest BCUT2D eigenvalue weighted by Gasteiger charge is -2.06. The molecule has 0 unspecified atom stereocenters. The van der Waals surface area contributed by atoms with E-state index in [4.69, 9.17) is 9.26 Å². The molecule has 3 heterocycles. The summed E-state index contributed by atoms with van der Waals surface area (Å²) in [5.74, 6) is 1.73. The van der Waals surface area contributed by atoms with Crippen LogP contribution in [0.5, 0.6) is 5.75 Å². The molecule has 0 atom stereocenters. The van der Waals surface area contributed by atoms with Crippen LogP contribution in [-0.2, 0) is 16.0 Å². The second-order valence-electron chi connectivity index (χ2n) is 7.76. The maximum Gasteiger partial charge on any atom is 0.305 e. The van der Waals surface area contributed by atoms with Crippen molar-refractivity contribution in [1.82, 2.24) is 15.1 Å². The van der Waals surface area contributed by atoms with Crippen LogP contribution in [0.4, 0.5) is 0 Å². The summed E-state index contributed by atoms with van der Waals surface area (Å²) in [6.45, 7) is 0.469. The highest BCUT2D eigenvalue weighted by atomic mass is 32.1. The smallest absolute Gasteiger partial charge is 0.305 e. The van der Waals surface area contributed by atoms with E-state index in [2.05, 4.69) is 38.1 Å². The molecule has 0 aliphatic heterocycles. The van der Waals surface area contributed by atoms with Gasteiger partial charge in [0.1, 0.15) is 5.75 Å². The van der Waals surface area contributed by atoms with E-state index in [1.807, 2.05) is 48.7 Å². The Morgan fingerprint density at radius 1 is 1.06 bits per heavy atom. The third-order valence-electron chi connectivity index (χ3n) is 5.47. The number of rotatable bonds is 9.